The Hall–Kier alpha value is -0.750. The van der Waals surface area contributed by atoms with Gasteiger partial charge in [-0.25, -0.2) is 0 Å². The van der Waals surface area contributed by atoms with Crippen LogP contribution in [-0.2, 0) is 23.8 Å². The van der Waals surface area contributed by atoms with Gasteiger partial charge in [-0.1, -0.05) is 6.92 Å². The van der Waals surface area contributed by atoms with Crippen molar-refractivity contribution in [2.75, 3.05) is 12.5 Å². The highest BCUT2D eigenvalue weighted by Crippen LogP contribution is 2.55. The maximum atomic E-state index is 11.6. The predicted octanol–water partition coefficient (Wildman–Crippen LogP) is 1.02. The molecule has 0 N–H and O–H groups in total. The molecule has 1 heterocycles. The van der Waals surface area contributed by atoms with Crippen molar-refractivity contribution in [2.45, 2.75) is 32.0 Å². The molecule has 6 heteroatoms. The lowest BCUT2D eigenvalue weighted by molar-refractivity contribution is -0.175. The fourth-order valence-corrected chi connectivity index (χ4v) is 3.67. The van der Waals surface area contributed by atoms with Gasteiger partial charge in [0.25, 0.3) is 0 Å². The number of carbonyl (C=O) groups is 2. The lowest BCUT2D eigenvalue weighted by Gasteiger charge is -2.25. The monoisotopic (exact) mass is 286 g/mol. The first-order valence-corrected chi connectivity index (χ1v) is 7.34. The van der Waals surface area contributed by atoms with Crippen LogP contribution in [0.3, 0.4) is 0 Å². The smallest absolute Gasteiger partial charge is 0.311 e. The fourth-order valence-electron chi connectivity index (χ4n) is 3.52. The minimum absolute atomic E-state index is 0.0659. The summed E-state index contributed by atoms with van der Waals surface area (Å²) in [6, 6.07) is 0. The van der Waals surface area contributed by atoms with Gasteiger partial charge in [-0.15, -0.1) is 0 Å². The molecular formula is C13H18O5S. The van der Waals surface area contributed by atoms with E-state index in [0.717, 1.165) is 12.8 Å². The molecule has 0 radical (unpaired) electrons. The summed E-state index contributed by atoms with van der Waals surface area (Å²) >= 11 is 4.05. The van der Waals surface area contributed by atoms with Gasteiger partial charge in [0.2, 0.25) is 0 Å². The van der Waals surface area contributed by atoms with Crippen LogP contribution in [0.25, 0.3) is 0 Å². The minimum Gasteiger partial charge on any atom is -0.459 e. The lowest BCUT2D eigenvalue weighted by Crippen LogP contribution is -2.35. The van der Waals surface area contributed by atoms with Crippen molar-refractivity contribution in [3.05, 3.63) is 0 Å². The number of hydrogen-bond acceptors (Lipinski definition) is 6. The molecule has 6 unspecified atom stereocenters. The SMILES string of the molecule is CC(CS)C(=O)OCOC1C2CC3C(=O)OC1C3C2. The third-order valence-electron chi connectivity index (χ3n) is 4.55. The quantitative estimate of drug-likeness (QED) is 0.464. The Balaban J connectivity index is 1.50. The second kappa shape index (κ2) is 4.98. The van der Waals surface area contributed by atoms with Crippen molar-refractivity contribution >= 4 is 24.6 Å². The number of ether oxygens (including phenoxy) is 3. The molecule has 5 nitrogen and oxygen atoms in total. The maximum Gasteiger partial charge on any atom is 0.311 e. The molecule has 3 fully saturated rings. The molecule has 19 heavy (non-hydrogen) atoms. The Morgan fingerprint density at radius 1 is 1.53 bits per heavy atom. The summed E-state index contributed by atoms with van der Waals surface area (Å²) in [6.45, 7) is 1.69. The van der Waals surface area contributed by atoms with Crippen molar-refractivity contribution in [2.24, 2.45) is 23.7 Å². The first kappa shape index (κ1) is 13.2. The summed E-state index contributed by atoms with van der Waals surface area (Å²) in [5, 5.41) is 0. The van der Waals surface area contributed by atoms with Crippen LogP contribution in [0.5, 0.6) is 0 Å². The second-order valence-corrected chi connectivity index (χ2v) is 6.06. The number of hydrogen-bond donors (Lipinski definition) is 1. The molecule has 2 bridgehead atoms. The molecule has 0 amide bonds. The molecule has 0 spiro atoms. The Morgan fingerprint density at radius 3 is 3.05 bits per heavy atom. The van der Waals surface area contributed by atoms with Crippen LogP contribution in [0.15, 0.2) is 0 Å². The number of rotatable bonds is 5. The van der Waals surface area contributed by atoms with E-state index in [-0.39, 0.29) is 42.8 Å². The average molecular weight is 286 g/mol. The molecule has 3 aliphatic rings. The maximum absolute atomic E-state index is 11.6. The molecule has 6 atom stereocenters. The molecular weight excluding hydrogens is 268 g/mol. The van der Waals surface area contributed by atoms with E-state index in [1.54, 1.807) is 6.92 Å². The number of esters is 2. The fraction of sp³-hybridized carbons (Fsp3) is 0.846. The summed E-state index contributed by atoms with van der Waals surface area (Å²) in [4.78, 5) is 23.1. The van der Waals surface area contributed by atoms with E-state index < -0.39 is 0 Å². The first-order valence-electron chi connectivity index (χ1n) is 6.71. The van der Waals surface area contributed by atoms with Crippen LogP contribution >= 0.6 is 12.6 Å². The lowest BCUT2D eigenvalue weighted by atomic mass is 9.88. The first-order chi connectivity index (χ1) is 9.11. The van der Waals surface area contributed by atoms with Crippen molar-refractivity contribution in [3.8, 4) is 0 Å². The van der Waals surface area contributed by atoms with E-state index in [1.165, 1.54) is 0 Å². The Morgan fingerprint density at radius 2 is 2.32 bits per heavy atom. The zero-order valence-corrected chi connectivity index (χ0v) is 11.7. The average Bonchev–Trinajstić information content (AvgIpc) is 3.01. The molecule has 0 aromatic rings. The van der Waals surface area contributed by atoms with Crippen LogP contribution in [-0.4, -0.2) is 36.7 Å². The van der Waals surface area contributed by atoms with E-state index >= 15 is 0 Å². The highest BCUT2D eigenvalue weighted by Gasteiger charge is 2.62. The second-order valence-electron chi connectivity index (χ2n) is 5.70. The molecule has 2 saturated carbocycles. The Bertz CT molecular complexity index is 398. The Labute approximate surface area is 117 Å². The summed E-state index contributed by atoms with van der Waals surface area (Å²) in [5.41, 5.74) is 0. The topological polar surface area (TPSA) is 61.8 Å². The third kappa shape index (κ3) is 2.14. The molecule has 2 aliphatic carbocycles. The van der Waals surface area contributed by atoms with Gasteiger partial charge in [0.05, 0.1) is 11.8 Å². The highest BCUT2D eigenvalue weighted by molar-refractivity contribution is 7.80. The van der Waals surface area contributed by atoms with Gasteiger partial charge >= 0.3 is 11.9 Å². The third-order valence-corrected chi connectivity index (χ3v) is 5.10. The normalized spacial score (nSPS) is 40.3. The van der Waals surface area contributed by atoms with Crippen LogP contribution in [0, 0.1) is 23.7 Å². The molecule has 106 valence electrons. The van der Waals surface area contributed by atoms with Gasteiger partial charge in [0, 0.05) is 11.7 Å². The van der Waals surface area contributed by atoms with Crippen molar-refractivity contribution in [1.29, 1.82) is 0 Å². The number of carbonyl (C=O) groups excluding carboxylic acids is 2. The summed E-state index contributed by atoms with van der Waals surface area (Å²) in [6.07, 6.45) is 1.61. The van der Waals surface area contributed by atoms with Crippen LogP contribution in [0.4, 0.5) is 0 Å². The van der Waals surface area contributed by atoms with E-state index in [2.05, 4.69) is 12.6 Å². The van der Waals surface area contributed by atoms with Gasteiger partial charge in [-0.3, -0.25) is 9.59 Å². The van der Waals surface area contributed by atoms with Crippen molar-refractivity contribution < 1.29 is 23.8 Å². The van der Waals surface area contributed by atoms with Crippen LogP contribution in [0.2, 0.25) is 0 Å². The number of fused-ring (bicyclic) bond motifs is 1. The van der Waals surface area contributed by atoms with E-state index in [4.69, 9.17) is 14.2 Å². The van der Waals surface area contributed by atoms with Gasteiger partial charge in [0.1, 0.15) is 12.2 Å². The molecule has 0 aromatic heterocycles. The molecule has 1 aliphatic heterocycles. The highest BCUT2D eigenvalue weighted by atomic mass is 32.1. The van der Waals surface area contributed by atoms with Crippen LogP contribution < -0.4 is 0 Å². The Kier molecular flexibility index (Phi) is 3.47. The molecule has 0 aromatic carbocycles. The summed E-state index contributed by atoms with van der Waals surface area (Å²) in [5.74, 6) is 0.600. The van der Waals surface area contributed by atoms with Crippen LogP contribution in [0.1, 0.15) is 19.8 Å². The van der Waals surface area contributed by atoms with Gasteiger partial charge in [-0.05, 0) is 18.8 Å². The van der Waals surface area contributed by atoms with Crippen molar-refractivity contribution in [1.82, 2.24) is 0 Å². The largest absolute Gasteiger partial charge is 0.459 e. The van der Waals surface area contributed by atoms with Gasteiger partial charge in [-0.2, -0.15) is 12.6 Å². The predicted molar refractivity (Wildman–Crippen MR) is 68.4 cm³/mol. The zero-order chi connectivity index (χ0) is 13.6. The van der Waals surface area contributed by atoms with Crippen molar-refractivity contribution in [3.63, 3.8) is 0 Å². The molecule has 3 rings (SSSR count). The number of thiol groups is 1. The minimum atomic E-state index is -0.306. The van der Waals surface area contributed by atoms with E-state index in [1.807, 2.05) is 0 Å². The van der Waals surface area contributed by atoms with E-state index in [9.17, 15) is 9.59 Å². The summed E-state index contributed by atoms with van der Waals surface area (Å²) in [7, 11) is 0. The van der Waals surface area contributed by atoms with Gasteiger partial charge < -0.3 is 14.2 Å². The van der Waals surface area contributed by atoms with E-state index in [0.29, 0.717) is 17.6 Å². The zero-order valence-electron chi connectivity index (χ0n) is 10.8. The standard InChI is InChI=1S/C13H18O5S/c1-6(4-19)12(14)17-5-16-10-7-2-8-9(3-7)13(15)18-11(8)10/h6-11,19H,2-5H2,1H3. The van der Waals surface area contributed by atoms with Gasteiger partial charge in [0.15, 0.2) is 6.79 Å². The molecule has 1 saturated heterocycles. The summed E-state index contributed by atoms with van der Waals surface area (Å²) < 4.78 is 16.0.